The van der Waals surface area contributed by atoms with Gasteiger partial charge in [0.2, 0.25) is 5.89 Å². The molecule has 0 radical (unpaired) electrons. The van der Waals surface area contributed by atoms with Gasteiger partial charge in [0.1, 0.15) is 5.76 Å². The Morgan fingerprint density at radius 2 is 2.19 bits per heavy atom. The second-order valence-electron chi connectivity index (χ2n) is 5.23. The van der Waals surface area contributed by atoms with Gasteiger partial charge in [-0.3, -0.25) is 4.79 Å². The van der Waals surface area contributed by atoms with Crippen LogP contribution in [0.3, 0.4) is 0 Å². The molecule has 1 atom stereocenters. The highest BCUT2D eigenvalue weighted by molar-refractivity contribution is 5.93. The molecule has 1 amide bonds. The van der Waals surface area contributed by atoms with E-state index in [0.717, 1.165) is 18.6 Å². The molecule has 3 rings (SSSR count). The number of carbonyl (C=O) groups is 1. The van der Waals surface area contributed by atoms with E-state index in [0.29, 0.717) is 36.4 Å². The number of hydrogen-bond donors (Lipinski definition) is 1. The zero-order valence-electron chi connectivity index (χ0n) is 12.0. The third kappa shape index (κ3) is 3.13. The van der Waals surface area contributed by atoms with Gasteiger partial charge in [-0.25, -0.2) is 4.98 Å². The summed E-state index contributed by atoms with van der Waals surface area (Å²) in [4.78, 5) is 16.5. The fourth-order valence-electron chi connectivity index (χ4n) is 2.38. The molecular weight excluding hydrogens is 268 g/mol. The van der Waals surface area contributed by atoms with Crippen molar-refractivity contribution in [1.82, 2.24) is 10.3 Å². The van der Waals surface area contributed by atoms with Crippen LogP contribution in [0.5, 0.6) is 0 Å². The first-order valence-electron chi connectivity index (χ1n) is 7.13. The number of nitrogens with one attached hydrogen (secondary N) is 1. The zero-order valence-corrected chi connectivity index (χ0v) is 12.0. The zero-order chi connectivity index (χ0) is 14.7. The van der Waals surface area contributed by atoms with Crippen LogP contribution in [-0.2, 0) is 4.74 Å². The maximum Gasteiger partial charge on any atom is 0.273 e. The number of rotatable bonds is 4. The van der Waals surface area contributed by atoms with Crippen molar-refractivity contribution in [3.63, 3.8) is 0 Å². The largest absolute Gasteiger partial charge is 0.441 e. The Bertz CT molecular complexity index is 616. The highest BCUT2D eigenvalue weighted by Gasteiger charge is 2.20. The summed E-state index contributed by atoms with van der Waals surface area (Å²) in [5, 5.41) is 2.91. The summed E-state index contributed by atoms with van der Waals surface area (Å²) in [5.74, 6) is 1.22. The average Bonchev–Trinajstić information content (AvgIpc) is 3.15. The van der Waals surface area contributed by atoms with Crippen LogP contribution >= 0.6 is 0 Å². The summed E-state index contributed by atoms with van der Waals surface area (Å²) >= 11 is 0. The summed E-state index contributed by atoms with van der Waals surface area (Å²) in [6.45, 7) is 3.87. The van der Waals surface area contributed by atoms with Gasteiger partial charge in [0.05, 0.1) is 6.61 Å². The lowest BCUT2D eigenvalue weighted by molar-refractivity contribution is 0.0939. The molecule has 110 valence electrons. The van der Waals surface area contributed by atoms with Gasteiger partial charge >= 0.3 is 0 Å². The van der Waals surface area contributed by atoms with Crippen LogP contribution in [0, 0.1) is 12.8 Å². The molecule has 1 aromatic heterocycles. The third-order valence-electron chi connectivity index (χ3n) is 3.61. The van der Waals surface area contributed by atoms with E-state index in [-0.39, 0.29) is 5.91 Å². The first-order valence-corrected chi connectivity index (χ1v) is 7.13. The van der Waals surface area contributed by atoms with E-state index in [1.54, 1.807) is 6.92 Å². The molecular formula is C16H18N2O3. The van der Waals surface area contributed by atoms with Gasteiger partial charge in [-0.1, -0.05) is 18.2 Å². The van der Waals surface area contributed by atoms with Crippen LogP contribution in [0.25, 0.3) is 11.5 Å². The van der Waals surface area contributed by atoms with Gasteiger partial charge in [-0.15, -0.1) is 0 Å². The van der Waals surface area contributed by atoms with E-state index in [1.807, 2.05) is 30.3 Å². The predicted molar refractivity (Wildman–Crippen MR) is 77.9 cm³/mol. The second kappa shape index (κ2) is 6.10. The smallest absolute Gasteiger partial charge is 0.273 e. The monoisotopic (exact) mass is 286 g/mol. The van der Waals surface area contributed by atoms with E-state index in [9.17, 15) is 4.79 Å². The Hall–Kier alpha value is -2.14. The highest BCUT2D eigenvalue weighted by Crippen LogP contribution is 2.21. The van der Waals surface area contributed by atoms with Crippen LogP contribution < -0.4 is 5.32 Å². The van der Waals surface area contributed by atoms with Crippen LogP contribution in [0.2, 0.25) is 0 Å². The Kier molecular flexibility index (Phi) is 4.01. The summed E-state index contributed by atoms with van der Waals surface area (Å²) in [5.41, 5.74) is 1.22. The van der Waals surface area contributed by atoms with Crippen molar-refractivity contribution in [2.24, 2.45) is 5.92 Å². The summed E-state index contributed by atoms with van der Waals surface area (Å²) < 4.78 is 10.9. The van der Waals surface area contributed by atoms with Crippen molar-refractivity contribution in [3.8, 4) is 11.5 Å². The van der Waals surface area contributed by atoms with Crippen molar-refractivity contribution in [2.45, 2.75) is 13.3 Å². The van der Waals surface area contributed by atoms with E-state index in [1.165, 1.54) is 0 Å². The molecule has 0 saturated carbocycles. The molecule has 0 unspecified atom stereocenters. The van der Waals surface area contributed by atoms with Crippen molar-refractivity contribution >= 4 is 5.91 Å². The van der Waals surface area contributed by atoms with Gasteiger partial charge in [0, 0.05) is 24.6 Å². The highest BCUT2D eigenvalue weighted by atomic mass is 16.5. The fraction of sp³-hybridized carbons (Fsp3) is 0.375. The first kappa shape index (κ1) is 13.8. The van der Waals surface area contributed by atoms with Crippen molar-refractivity contribution in [2.75, 3.05) is 19.8 Å². The van der Waals surface area contributed by atoms with Gasteiger partial charge in [0.15, 0.2) is 5.69 Å². The molecule has 0 spiro atoms. The number of oxazole rings is 1. The minimum Gasteiger partial charge on any atom is -0.441 e. The lowest BCUT2D eigenvalue weighted by Crippen LogP contribution is -2.30. The fourth-order valence-corrected chi connectivity index (χ4v) is 2.38. The molecule has 1 N–H and O–H groups in total. The molecule has 2 heterocycles. The Labute approximate surface area is 123 Å². The molecule has 0 aliphatic carbocycles. The van der Waals surface area contributed by atoms with Crippen molar-refractivity contribution in [3.05, 3.63) is 41.8 Å². The molecule has 0 bridgehead atoms. The normalized spacial score (nSPS) is 17.9. The number of hydrogen-bond acceptors (Lipinski definition) is 4. The van der Waals surface area contributed by atoms with E-state index in [2.05, 4.69) is 10.3 Å². The molecule has 1 aliphatic heterocycles. The molecule has 1 aliphatic rings. The van der Waals surface area contributed by atoms with E-state index < -0.39 is 0 Å². The van der Waals surface area contributed by atoms with Crippen molar-refractivity contribution < 1.29 is 13.9 Å². The van der Waals surface area contributed by atoms with Gasteiger partial charge < -0.3 is 14.5 Å². The van der Waals surface area contributed by atoms with E-state index in [4.69, 9.17) is 9.15 Å². The minimum atomic E-state index is -0.190. The molecule has 2 aromatic rings. The summed E-state index contributed by atoms with van der Waals surface area (Å²) in [7, 11) is 0. The lowest BCUT2D eigenvalue weighted by atomic mass is 10.1. The second-order valence-corrected chi connectivity index (χ2v) is 5.23. The standard InChI is InChI=1S/C16H18N2O3/c1-11-14(15(19)17-9-12-7-8-20-10-12)18-16(21-11)13-5-3-2-4-6-13/h2-6,12H,7-10H2,1H3,(H,17,19)/t12-/m1/s1. The number of aryl methyl sites for hydroxylation is 1. The van der Waals surface area contributed by atoms with Gasteiger partial charge in [-0.2, -0.15) is 0 Å². The molecule has 1 aromatic carbocycles. The Morgan fingerprint density at radius 1 is 1.38 bits per heavy atom. The van der Waals surface area contributed by atoms with Crippen LogP contribution in [-0.4, -0.2) is 30.6 Å². The molecule has 21 heavy (non-hydrogen) atoms. The number of ether oxygens (including phenoxy) is 1. The molecule has 1 fully saturated rings. The van der Waals surface area contributed by atoms with Crippen LogP contribution in [0.15, 0.2) is 34.7 Å². The number of benzene rings is 1. The number of nitrogens with zero attached hydrogens (tertiary/aromatic N) is 1. The molecule has 5 heteroatoms. The number of aromatic nitrogens is 1. The number of carbonyl (C=O) groups excluding carboxylic acids is 1. The average molecular weight is 286 g/mol. The SMILES string of the molecule is Cc1oc(-c2ccccc2)nc1C(=O)NC[C@H]1CCOC1. The maximum absolute atomic E-state index is 12.2. The van der Waals surface area contributed by atoms with Crippen molar-refractivity contribution in [1.29, 1.82) is 0 Å². The number of amides is 1. The lowest BCUT2D eigenvalue weighted by Gasteiger charge is -2.07. The third-order valence-corrected chi connectivity index (χ3v) is 3.61. The Morgan fingerprint density at radius 3 is 2.90 bits per heavy atom. The summed E-state index contributed by atoms with van der Waals surface area (Å²) in [6, 6.07) is 9.56. The Balaban J connectivity index is 1.70. The predicted octanol–water partition coefficient (Wildman–Crippen LogP) is 2.42. The van der Waals surface area contributed by atoms with Crippen LogP contribution in [0.1, 0.15) is 22.7 Å². The van der Waals surface area contributed by atoms with Gasteiger partial charge in [0.25, 0.3) is 5.91 Å². The maximum atomic E-state index is 12.2. The first-order chi connectivity index (χ1) is 10.2. The summed E-state index contributed by atoms with van der Waals surface area (Å²) in [6.07, 6.45) is 0.993. The molecule has 5 nitrogen and oxygen atoms in total. The van der Waals surface area contributed by atoms with Crippen LogP contribution in [0.4, 0.5) is 0 Å². The minimum absolute atomic E-state index is 0.190. The molecule has 1 saturated heterocycles. The topological polar surface area (TPSA) is 64.4 Å². The quantitative estimate of drug-likeness (QED) is 0.937. The van der Waals surface area contributed by atoms with Gasteiger partial charge in [-0.05, 0) is 25.5 Å². The van der Waals surface area contributed by atoms with E-state index >= 15 is 0 Å².